The summed E-state index contributed by atoms with van der Waals surface area (Å²) in [5.74, 6) is 0. The quantitative estimate of drug-likeness (QED) is 0.442. The van der Waals surface area contributed by atoms with E-state index in [2.05, 4.69) is 0 Å². The Kier molecular flexibility index (Phi) is 411. The monoisotopic (exact) mass is 199 g/mol. The average Bonchev–Trinajstić information content (AvgIpc) is 0. The van der Waals surface area contributed by atoms with Gasteiger partial charge in [-0.3, -0.25) is 0 Å². The number of hydrogen-bond acceptors (Lipinski definition) is 1. The van der Waals surface area contributed by atoms with E-state index in [0.29, 0.717) is 0 Å². The van der Waals surface area contributed by atoms with Crippen molar-refractivity contribution in [2.75, 3.05) is 0 Å². The van der Waals surface area contributed by atoms with Crippen LogP contribution in [0.1, 0.15) is 0 Å². The smallest absolute Gasteiger partial charge is 0.187 e. The maximum absolute atomic E-state index is 0. The summed E-state index contributed by atoms with van der Waals surface area (Å²) in [6.07, 6.45) is 0. The molecule has 0 fully saturated rings. The summed E-state index contributed by atoms with van der Waals surface area (Å²) in [4.78, 5) is 0. The van der Waals surface area contributed by atoms with Crippen LogP contribution in [-0.2, 0) is 47.9 Å². The zero-order valence-electron chi connectivity index (χ0n) is 1.71. The predicted octanol–water partition coefficient (Wildman–Crippen LogP) is -2.21. The molecule has 0 aliphatic heterocycles. The number of rotatable bonds is 0. The van der Waals surface area contributed by atoms with Crippen LogP contribution in [0.5, 0.6) is 0 Å². The molecule has 0 heterocycles. The Morgan fingerprint density at radius 1 is 1.00 bits per heavy atom. The molecule has 0 saturated carbocycles. The van der Waals surface area contributed by atoms with Gasteiger partial charge in [-0.05, 0) is 0 Å². The molecule has 3 N–H and O–H groups in total. The minimum absolute atomic E-state index is 0. The van der Waals surface area contributed by atoms with Crippen molar-refractivity contribution in [3.63, 3.8) is 0 Å². The zero-order chi connectivity index (χ0) is 0. The molecule has 0 aromatic rings. The largest absolute Gasteiger partial charge is 0.344 e. The molecule has 0 spiro atoms. The fraction of sp³-hybridized carbons (Fsp3) is 0. The van der Waals surface area contributed by atoms with Crippen molar-refractivity contribution < 1.29 is 47.9 Å². The van der Waals surface area contributed by atoms with Crippen LogP contribution in [0.3, 0.4) is 0 Å². The standard InChI is InChI=1S/Al.BH3.H3N.Ti.Zr.3H/h;2*1H3;;;;;. The molecule has 5 heteroatoms. The summed E-state index contributed by atoms with van der Waals surface area (Å²) in [5.41, 5.74) is 0. The van der Waals surface area contributed by atoms with Gasteiger partial charge in [-0.15, -0.1) is 0 Å². The Balaban J connectivity index is 0. The third kappa shape index (κ3) is 22.9. The van der Waals surface area contributed by atoms with Crippen LogP contribution in [0.25, 0.3) is 0 Å². The Bertz CT molecular complexity index is 11.6. The van der Waals surface area contributed by atoms with Crippen molar-refractivity contribution in [3.8, 4) is 0 Å². The second-order valence-corrected chi connectivity index (χ2v) is 0. The third-order valence-electron chi connectivity index (χ3n) is 0. The fourth-order valence-electron chi connectivity index (χ4n) is 0. The molecular weight excluding hydrogens is 191 g/mol. The first-order chi connectivity index (χ1) is 0. The minimum atomic E-state index is 0. The van der Waals surface area contributed by atoms with Gasteiger partial charge in [-0.2, -0.15) is 0 Å². The maximum atomic E-state index is 0. The summed E-state index contributed by atoms with van der Waals surface area (Å²) < 4.78 is 0. The van der Waals surface area contributed by atoms with E-state index in [4.69, 9.17) is 0 Å². The molecule has 0 aromatic carbocycles. The van der Waals surface area contributed by atoms with Crippen LogP contribution in [0, 0.1) is 0 Å². The second kappa shape index (κ2) is 35.2. The molecular formula is H9AlBNTiZr. The van der Waals surface area contributed by atoms with Crippen molar-refractivity contribution in [1.82, 2.24) is 6.15 Å². The fourth-order valence-corrected chi connectivity index (χ4v) is 0. The van der Waals surface area contributed by atoms with E-state index in [-0.39, 0.29) is 79.8 Å². The normalized spacial score (nSPS) is 0. The Hall–Kier alpha value is 2.15. The SMILES string of the molecule is B.N.[AlH3].[Ti].[Zr]. The summed E-state index contributed by atoms with van der Waals surface area (Å²) in [5, 5.41) is 0. The molecule has 0 saturated heterocycles. The van der Waals surface area contributed by atoms with Gasteiger partial charge < -0.3 is 6.15 Å². The van der Waals surface area contributed by atoms with Crippen molar-refractivity contribution in [2.24, 2.45) is 0 Å². The van der Waals surface area contributed by atoms with E-state index < -0.39 is 0 Å². The van der Waals surface area contributed by atoms with Gasteiger partial charge in [0.2, 0.25) is 0 Å². The van der Waals surface area contributed by atoms with Crippen molar-refractivity contribution in [3.05, 3.63) is 0 Å². The molecule has 1 nitrogen and oxygen atoms in total. The van der Waals surface area contributed by atoms with E-state index in [0.717, 1.165) is 0 Å². The summed E-state index contributed by atoms with van der Waals surface area (Å²) >= 11 is 0. The predicted molar refractivity (Wildman–Crippen MR) is 24.9 cm³/mol. The molecule has 0 unspecified atom stereocenters. The molecule has 0 rings (SSSR count). The molecule has 0 aliphatic rings. The van der Waals surface area contributed by atoms with Crippen LogP contribution < -0.4 is 6.15 Å². The van der Waals surface area contributed by atoms with Gasteiger partial charge in [-0.1, -0.05) is 0 Å². The van der Waals surface area contributed by atoms with Gasteiger partial charge in [0.1, 0.15) is 0 Å². The molecule has 0 amide bonds. The van der Waals surface area contributed by atoms with Gasteiger partial charge in [0.15, 0.2) is 17.4 Å². The molecule has 0 aromatic heterocycles. The van der Waals surface area contributed by atoms with Gasteiger partial charge >= 0.3 is 0 Å². The molecule has 0 atom stereocenters. The Labute approximate surface area is 79.0 Å². The van der Waals surface area contributed by atoms with E-state index >= 15 is 0 Å². The van der Waals surface area contributed by atoms with Crippen molar-refractivity contribution in [1.29, 1.82) is 0 Å². The minimum Gasteiger partial charge on any atom is -0.344 e. The van der Waals surface area contributed by atoms with Gasteiger partial charge in [0.05, 0.1) is 8.41 Å². The number of hydrogen-bond donors (Lipinski definition) is 1. The van der Waals surface area contributed by atoms with E-state index in [1.807, 2.05) is 0 Å². The maximum Gasteiger partial charge on any atom is 0.187 e. The zero-order valence-corrected chi connectivity index (χ0v) is 5.73. The van der Waals surface area contributed by atoms with Crippen LogP contribution in [-0.4, -0.2) is 25.8 Å². The van der Waals surface area contributed by atoms with Crippen molar-refractivity contribution in [2.45, 2.75) is 0 Å². The third-order valence-corrected chi connectivity index (χ3v) is 0. The topological polar surface area (TPSA) is 35.0 Å². The first-order valence-corrected chi connectivity index (χ1v) is 0. The summed E-state index contributed by atoms with van der Waals surface area (Å²) in [7, 11) is 0. The van der Waals surface area contributed by atoms with Gasteiger partial charge in [0, 0.05) is 47.9 Å². The van der Waals surface area contributed by atoms with E-state index in [9.17, 15) is 0 Å². The van der Waals surface area contributed by atoms with Gasteiger partial charge in [-0.25, -0.2) is 0 Å². The summed E-state index contributed by atoms with van der Waals surface area (Å²) in [6.45, 7) is 0. The molecule has 0 bridgehead atoms. The first kappa shape index (κ1) is 58.4. The van der Waals surface area contributed by atoms with E-state index in [1.165, 1.54) is 0 Å². The molecule has 0 aliphatic carbocycles. The molecule has 28 valence electrons. The Morgan fingerprint density at radius 2 is 1.00 bits per heavy atom. The summed E-state index contributed by atoms with van der Waals surface area (Å²) in [6, 6.07) is 0. The van der Waals surface area contributed by atoms with Crippen LogP contribution in [0.4, 0.5) is 0 Å². The Morgan fingerprint density at radius 3 is 1.00 bits per heavy atom. The van der Waals surface area contributed by atoms with Gasteiger partial charge in [0.25, 0.3) is 0 Å². The first-order valence-electron chi connectivity index (χ1n) is 0. The average molecular weight is 200 g/mol. The molecule has 0 radical (unpaired) electrons. The molecule has 5 heavy (non-hydrogen) atoms. The van der Waals surface area contributed by atoms with Crippen LogP contribution in [0.15, 0.2) is 0 Å². The van der Waals surface area contributed by atoms with Crippen LogP contribution in [0.2, 0.25) is 0 Å². The van der Waals surface area contributed by atoms with Crippen LogP contribution >= 0.6 is 0 Å². The van der Waals surface area contributed by atoms with Crippen molar-refractivity contribution >= 4 is 25.8 Å². The second-order valence-electron chi connectivity index (χ2n) is 0. The van der Waals surface area contributed by atoms with E-state index in [1.54, 1.807) is 0 Å².